The molecule has 11 heteroatoms. The molecule has 0 saturated carbocycles. The van der Waals surface area contributed by atoms with Gasteiger partial charge in [0.15, 0.2) is 17.4 Å². The Balaban J connectivity index is 1.89. The SMILES string of the molecule is CC(C)(C)OC(=O)NC[C@@H]1CCCN(c2c(N)ccc(Oc3c(F)cccc3F)c2C(F)(F)F)C1. The fourth-order valence-electron chi connectivity index (χ4n) is 3.96. The Bertz CT molecular complexity index is 1050. The van der Waals surface area contributed by atoms with Crippen molar-refractivity contribution >= 4 is 17.5 Å². The van der Waals surface area contributed by atoms with Gasteiger partial charge in [-0.3, -0.25) is 0 Å². The van der Waals surface area contributed by atoms with Crippen LogP contribution in [0.4, 0.5) is 38.1 Å². The van der Waals surface area contributed by atoms with Crippen LogP contribution in [0.15, 0.2) is 30.3 Å². The number of nitrogen functional groups attached to an aromatic ring is 1. The van der Waals surface area contributed by atoms with E-state index in [1.54, 1.807) is 20.8 Å². The van der Waals surface area contributed by atoms with E-state index in [1.807, 2.05) is 0 Å². The average Bonchev–Trinajstić information content (AvgIpc) is 2.74. The summed E-state index contributed by atoms with van der Waals surface area (Å²) >= 11 is 0. The molecule has 0 spiro atoms. The predicted molar refractivity (Wildman–Crippen MR) is 121 cm³/mol. The third kappa shape index (κ3) is 6.67. The van der Waals surface area contributed by atoms with Crippen molar-refractivity contribution in [3.8, 4) is 11.5 Å². The van der Waals surface area contributed by atoms with E-state index in [9.17, 15) is 26.7 Å². The number of piperidine rings is 1. The molecule has 2 aromatic rings. The molecule has 0 bridgehead atoms. The summed E-state index contributed by atoms with van der Waals surface area (Å²) in [7, 11) is 0. The minimum Gasteiger partial charge on any atom is -0.450 e. The molecule has 1 heterocycles. The van der Waals surface area contributed by atoms with Gasteiger partial charge in [0.25, 0.3) is 0 Å². The Labute approximate surface area is 200 Å². The summed E-state index contributed by atoms with van der Waals surface area (Å²) in [4.78, 5) is 13.4. The van der Waals surface area contributed by atoms with Crippen molar-refractivity contribution in [2.45, 2.75) is 45.4 Å². The maximum absolute atomic E-state index is 14.2. The number of carbonyl (C=O) groups is 1. The standard InChI is InChI=1S/C24H28F5N3O3/c1-23(2,3)35-22(33)31-12-14-6-5-11-32(13-14)20-17(30)9-10-18(19(20)24(27,28)29)34-21-15(25)7-4-8-16(21)26/h4,7-10,14H,5-6,11-13,30H2,1-3H3,(H,31,33)/t14-/m0/s1. The summed E-state index contributed by atoms with van der Waals surface area (Å²) in [6.45, 7) is 5.80. The molecule has 6 nitrogen and oxygen atoms in total. The van der Waals surface area contributed by atoms with Gasteiger partial charge in [-0.25, -0.2) is 13.6 Å². The molecule has 35 heavy (non-hydrogen) atoms. The van der Waals surface area contributed by atoms with Gasteiger partial charge < -0.3 is 25.4 Å². The van der Waals surface area contributed by atoms with Crippen LogP contribution in [-0.2, 0) is 10.9 Å². The van der Waals surface area contributed by atoms with Gasteiger partial charge in [0.1, 0.15) is 16.9 Å². The summed E-state index contributed by atoms with van der Waals surface area (Å²) in [5.41, 5.74) is 3.59. The number of halogens is 5. The highest BCUT2D eigenvalue weighted by atomic mass is 19.4. The lowest BCUT2D eigenvalue weighted by atomic mass is 9.96. The first kappa shape index (κ1) is 26.4. The topological polar surface area (TPSA) is 76.8 Å². The maximum Gasteiger partial charge on any atom is 0.422 e. The minimum atomic E-state index is -4.93. The summed E-state index contributed by atoms with van der Waals surface area (Å²) in [6.07, 6.45) is -4.33. The van der Waals surface area contributed by atoms with Crippen molar-refractivity contribution in [2.24, 2.45) is 5.92 Å². The van der Waals surface area contributed by atoms with E-state index >= 15 is 0 Å². The number of rotatable bonds is 5. The van der Waals surface area contributed by atoms with Gasteiger partial charge in [0.05, 0.1) is 11.4 Å². The summed E-state index contributed by atoms with van der Waals surface area (Å²) in [5, 5.41) is 2.65. The Kier molecular flexibility index (Phi) is 7.66. The maximum atomic E-state index is 14.2. The van der Waals surface area contributed by atoms with Gasteiger partial charge in [-0.05, 0) is 63.8 Å². The lowest BCUT2D eigenvalue weighted by molar-refractivity contribution is -0.138. The minimum absolute atomic E-state index is 0.153. The number of alkyl halides is 3. The first-order chi connectivity index (χ1) is 16.3. The van der Waals surface area contributed by atoms with E-state index < -0.39 is 46.6 Å². The number of ether oxygens (including phenoxy) is 2. The van der Waals surface area contributed by atoms with Crippen LogP contribution >= 0.6 is 0 Å². The quantitative estimate of drug-likeness (QED) is 0.383. The van der Waals surface area contributed by atoms with Crippen molar-refractivity contribution in [3.63, 3.8) is 0 Å². The average molecular weight is 501 g/mol. The highest BCUT2D eigenvalue weighted by Gasteiger charge is 2.41. The highest BCUT2D eigenvalue weighted by molar-refractivity contribution is 5.76. The number of benzene rings is 2. The van der Waals surface area contributed by atoms with E-state index in [1.165, 1.54) is 11.0 Å². The molecule has 0 unspecified atom stereocenters. The van der Waals surface area contributed by atoms with Gasteiger partial charge in [-0.15, -0.1) is 0 Å². The smallest absolute Gasteiger partial charge is 0.422 e. The number of amides is 1. The zero-order valence-electron chi connectivity index (χ0n) is 19.6. The fraction of sp³-hybridized carbons (Fsp3) is 0.458. The molecule has 1 atom stereocenters. The summed E-state index contributed by atoms with van der Waals surface area (Å²) < 4.78 is 81.2. The molecular formula is C24H28F5N3O3. The first-order valence-electron chi connectivity index (χ1n) is 11.1. The number of hydrogen-bond acceptors (Lipinski definition) is 5. The van der Waals surface area contributed by atoms with Crippen LogP contribution in [0.3, 0.4) is 0 Å². The van der Waals surface area contributed by atoms with Crippen molar-refractivity contribution in [3.05, 3.63) is 47.5 Å². The van der Waals surface area contributed by atoms with Crippen LogP contribution < -0.4 is 20.7 Å². The third-order valence-corrected chi connectivity index (χ3v) is 5.35. The molecule has 1 aliphatic rings. The van der Waals surface area contributed by atoms with Crippen LogP contribution in [0.2, 0.25) is 0 Å². The third-order valence-electron chi connectivity index (χ3n) is 5.35. The van der Waals surface area contributed by atoms with Gasteiger partial charge in [0, 0.05) is 19.6 Å². The number of carbonyl (C=O) groups excluding carboxylic acids is 1. The van der Waals surface area contributed by atoms with Gasteiger partial charge in [-0.1, -0.05) is 6.07 Å². The number of hydrogen-bond donors (Lipinski definition) is 2. The fourth-order valence-corrected chi connectivity index (χ4v) is 3.96. The van der Waals surface area contributed by atoms with Crippen LogP contribution in [0.25, 0.3) is 0 Å². The second kappa shape index (κ2) is 10.2. The molecule has 192 valence electrons. The molecule has 0 aliphatic carbocycles. The van der Waals surface area contributed by atoms with Crippen molar-refractivity contribution in [1.82, 2.24) is 5.32 Å². The first-order valence-corrected chi connectivity index (χ1v) is 11.1. The van der Waals surface area contributed by atoms with Crippen molar-refractivity contribution in [2.75, 3.05) is 30.3 Å². The largest absolute Gasteiger partial charge is 0.450 e. The van der Waals surface area contributed by atoms with Crippen LogP contribution in [0.1, 0.15) is 39.2 Å². The van der Waals surface area contributed by atoms with Gasteiger partial charge in [0.2, 0.25) is 0 Å². The van der Waals surface area contributed by atoms with E-state index in [0.717, 1.165) is 24.3 Å². The van der Waals surface area contributed by atoms with Gasteiger partial charge in [-0.2, -0.15) is 13.2 Å². The normalized spacial score (nSPS) is 16.7. The number of nitrogens with zero attached hydrogens (tertiary/aromatic N) is 1. The predicted octanol–water partition coefficient (Wildman–Crippen LogP) is 6.10. The van der Waals surface area contributed by atoms with Crippen molar-refractivity contribution < 1.29 is 36.2 Å². The Hall–Kier alpha value is -3.24. The zero-order valence-corrected chi connectivity index (χ0v) is 19.6. The second-order valence-corrected chi connectivity index (χ2v) is 9.36. The number of para-hydroxylation sites is 1. The Morgan fingerprint density at radius 1 is 1.14 bits per heavy atom. The number of nitrogens with two attached hydrogens (primary N) is 1. The molecule has 0 radical (unpaired) electrons. The van der Waals surface area contributed by atoms with E-state index in [2.05, 4.69) is 5.32 Å². The van der Waals surface area contributed by atoms with Crippen LogP contribution in [0.5, 0.6) is 11.5 Å². The van der Waals surface area contributed by atoms with E-state index in [4.69, 9.17) is 15.2 Å². The molecule has 3 N–H and O–H groups in total. The Morgan fingerprint density at radius 2 is 1.80 bits per heavy atom. The van der Waals surface area contributed by atoms with Gasteiger partial charge >= 0.3 is 12.3 Å². The van der Waals surface area contributed by atoms with Crippen LogP contribution in [-0.4, -0.2) is 31.3 Å². The number of alkyl carbamates (subject to hydrolysis) is 1. The van der Waals surface area contributed by atoms with Crippen molar-refractivity contribution in [1.29, 1.82) is 0 Å². The van der Waals surface area contributed by atoms with Crippen LogP contribution in [0, 0.1) is 17.6 Å². The molecule has 3 rings (SSSR count). The second-order valence-electron chi connectivity index (χ2n) is 9.36. The number of nitrogens with one attached hydrogen (secondary N) is 1. The molecule has 2 aromatic carbocycles. The molecule has 0 aromatic heterocycles. The lowest BCUT2D eigenvalue weighted by Gasteiger charge is -2.37. The molecule has 1 amide bonds. The number of anilines is 2. The summed E-state index contributed by atoms with van der Waals surface area (Å²) in [6, 6.07) is 5.00. The molecule has 1 saturated heterocycles. The molecular weight excluding hydrogens is 473 g/mol. The monoisotopic (exact) mass is 501 g/mol. The highest BCUT2D eigenvalue weighted by Crippen LogP contribution is 2.48. The van der Waals surface area contributed by atoms with E-state index in [0.29, 0.717) is 12.8 Å². The molecule has 1 fully saturated rings. The van der Waals surface area contributed by atoms with E-state index in [-0.39, 0.29) is 36.9 Å². The summed E-state index contributed by atoms with van der Waals surface area (Å²) in [5.74, 6) is -4.15. The Morgan fingerprint density at radius 3 is 2.40 bits per heavy atom. The lowest BCUT2D eigenvalue weighted by Crippen LogP contribution is -2.43. The zero-order chi connectivity index (χ0) is 26.0. The molecule has 1 aliphatic heterocycles.